The molecule has 1 aromatic carbocycles. The number of benzene rings is 1. The van der Waals surface area contributed by atoms with E-state index in [1.807, 2.05) is 48.2 Å². The number of aromatic nitrogens is 2. The molecular formula is C24H27N5O2. The molecule has 7 nitrogen and oxygen atoms in total. The topological polar surface area (TPSA) is 87.2 Å². The van der Waals surface area contributed by atoms with Crippen LogP contribution in [0.3, 0.4) is 0 Å². The molecule has 0 unspecified atom stereocenters. The van der Waals surface area contributed by atoms with Gasteiger partial charge in [0, 0.05) is 48.2 Å². The molecule has 2 aromatic heterocycles. The minimum Gasteiger partial charge on any atom is -0.354 e. The summed E-state index contributed by atoms with van der Waals surface area (Å²) in [5, 5.41) is 6.97. The summed E-state index contributed by atoms with van der Waals surface area (Å²) in [7, 11) is 0. The molecule has 1 aliphatic heterocycles. The van der Waals surface area contributed by atoms with E-state index >= 15 is 0 Å². The third kappa shape index (κ3) is 4.50. The van der Waals surface area contributed by atoms with Crippen molar-refractivity contribution in [2.24, 2.45) is 0 Å². The number of hydrogen-bond acceptors (Lipinski definition) is 5. The van der Waals surface area contributed by atoms with Gasteiger partial charge in [-0.15, -0.1) is 0 Å². The molecular weight excluding hydrogens is 390 g/mol. The Morgan fingerprint density at radius 1 is 1.06 bits per heavy atom. The van der Waals surface area contributed by atoms with Gasteiger partial charge in [-0.3, -0.25) is 9.59 Å². The quantitative estimate of drug-likeness (QED) is 0.645. The van der Waals surface area contributed by atoms with Crippen molar-refractivity contribution in [3.05, 3.63) is 53.9 Å². The number of fused-ring (bicyclic) bond motifs is 1. The number of rotatable bonds is 4. The van der Waals surface area contributed by atoms with Crippen molar-refractivity contribution in [3.8, 4) is 0 Å². The Labute approximate surface area is 181 Å². The number of nitrogens with zero attached hydrogens (tertiary/aromatic N) is 3. The highest BCUT2D eigenvalue weighted by molar-refractivity contribution is 6.07. The molecule has 0 spiro atoms. The van der Waals surface area contributed by atoms with Crippen molar-refractivity contribution >= 4 is 39.9 Å². The van der Waals surface area contributed by atoms with Crippen LogP contribution in [0.4, 0.5) is 17.1 Å². The predicted molar refractivity (Wildman–Crippen MR) is 123 cm³/mol. The SMILES string of the molecule is CC(=O)Nc1ccc(Nc2c(C(=O)N3CCCC[C@H]3C)cnc3nc(C)ccc23)cc1. The monoisotopic (exact) mass is 417 g/mol. The summed E-state index contributed by atoms with van der Waals surface area (Å²) in [6.45, 7) is 6.26. The van der Waals surface area contributed by atoms with Crippen LogP contribution in [0, 0.1) is 6.92 Å². The van der Waals surface area contributed by atoms with Gasteiger partial charge in [0.2, 0.25) is 5.91 Å². The van der Waals surface area contributed by atoms with Gasteiger partial charge in [0.15, 0.2) is 5.65 Å². The molecule has 2 N–H and O–H groups in total. The highest BCUT2D eigenvalue weighted by Crippen LogP contribution is 2.31. The lowest BCUT2D eigenvalue weighted by Crippen LogP contribution is -2.42. The Morgan fingerprint density at radius 2 is 1.81 bits per heavy atom. The Kier molecular flexibility index (Phi) is 5.84. The Hall–Kier alpha value is -3.48. The zero-order valence-corrected chi connectivity index (χ0v) is 18.1. The fraction of sp³-hybridized carbons (Fsp3) is 0.333. The standard InChI is InChI=1S/C24H27N5O2/c1-15-7-12-20-22(28-19-10-8-18(9-11-19)27-17(3)30)21(14-25-23(20)26-15)24(31)29-13-5-4-6-16(29)2/h7-12,14,16H,4-6,13H2,1-3H3,(H,27,30)(H,25,26,28)/t16-/m1/s1. The van der Waals surface area contributed by atoms with Gasteiger partial charge in [-0.1, -0.05) is 0 Å². The van der Waals surface area contributed by atoms with E-state index < -0.39 is 0 Å². The van der Waals surface area contributed by atoms with Crippen LogP contribution >= 0.6 is 0 Å². The highest BCUT2D eigenvalue weighted by Gasteiger charge is 2.27. The van der Waals surface area contributed by atoms with Gasteiger partial charge in [-0.2, -0.15) is 0 Å². The molecule has 2 amide bonds. The lowest BCUT2D eigenvalue weighted by molar-refractivity contribution is -0.114. The number of carbonyl (C=O) groups excluding carboxylic acids is 2. The number of carbonyl (C=O) groups is 2. The second-order valence-corrected chi connectivity index (χ2v) is 8.10. The summed E-state index contributed by atoms with van der Waals surface area (Å²) in [5.74, 6) is -0.134. The molecule has 7 heteroatoms. The van der Waals surface area contributed by atoms with Gasteiger partial charge in [0.05, 0.1) is 11.3 Å². The summed E-state index contributed by atoms with van der Waals surface area (Å²) in [6.07, 6.45) is 4.81. The molecule has 31 heavy (non-hydrogen) atoms. The Balaban J connectivity index is 1.74. The summed E-state index contributed by atoms with van der Waals surface area (Å²) in [5.41, 5.74) is 4.23. The number of pyridine rings is 2. The minimum absolute atomic E-state index is 0.0143. The van der Waals surface area contributed by atoms with E-state index in [-0.39, 0.29) is 17.9 Å². The molecule has 1 aliphatic rings. The molecule has 3 aromatic rings. The van der Waals surface area contributed by atoms with Gasteiger partial charge < -0.3 is 15.5 Å². The van der Waals surface area contributed by atoms with Crippen LogP contribution < -0.4 is 10.6 Å². The molecule has 0 bridgehead atoms. The smallest absolute Gasteiger partial charge is 0.257 e. The average molecular weight is 418 g/mol. The molecule has 1 fully saturated rings. The largest absolute Gasteiger partial charge is 0.354 e. The number of hydrogen-bond donors (Lipinski definition) is 2. The third-order valence-corrected chi connectivity index (χ3v) is 5.64. The van der Waals surface area contributed by atoms with Crippen LogP contribution in [0.15, 0.2) is 42.6 Å². The summed E-state index contributed by atoms with van der Waals surface area (Å²) in [4.78, 5) is 35.7. The Bertz CT molecular complexity index is 1130. The van der Waals surface area contributed by atoms with E-state index in [1.165, 1.54) is 6.92 Å². The van der Waals surface area contributed by atoms with E-state index in [1.54, 1.807) is 6.20 Å². The first kappa shape index (κ1) is 20.8. The first-order chi connectivity index (χ1) is 14.9. The van der Waals surface area contributed by atoms with Gasteiger partial charge in [0.25, 0.3) is 5.91 Å². The van der Waals surface area contributed by atoms with Gasteiger partial charge >= 0.3 is 0 Å². The zero-order chi connectivity index (χ0) is 22.0. The maximum Gasteiger partial charge on any atom is 0.257 e. The molecule has 1 saturated heterocycles. The highest BCUT2D eigenvalue weighted by atomic mass is 16.2. The fourth-order valence-corrected chi connectivity index (χ4v) is 4.01. The van der Waals surface area contributed by atoms with E-state index in [4.69, 9.17) is 0 Å². The van der Waals surface area contributed by atoms with E-state index in [0.717, 1.165) is 42.6 Å². The van der Waals surface area contributed by atoms with Crippen molar-refractivity contribution in [1.29, 1.82) is 0 Å². The molecule has 3 heterocycles. The Morgan fingerprint density at radius 3 is 2.52 bits per heavy atom. The molecule has 160 valence electrons. The van der Waals surface area contributed by atoms with Crippen LogP contribution in [0.1, 0.15) is 49.2 Å². The molecule has 0 aliphatic carbocycles. The number of likely N-dealkylation sites (tertiary alicyclic amines) is 1. The zero-order valence-electron chi connectivity index (χ0n) is 18.1. The third-order valence-electron chi connectivity index (χ3n) is 5.64. The second kappa shape index (κ2) is 8.71. The van der Waals surface area contributed by atoms with Crippen molar-refractivity contribution < 1.29 is 9.59 Å². The molecule has 1 atom stereocenters. The normalized spacial score (nSPS) is 16.2. The van der Waals surface area contributed by atoms with E-state index in [0.29, 0.717) is 22.6 Å². The summed E-state index contributed by atoms with van der Waals surface area (Å²) < 4.78 is 0. The maximum atomic E-state index is 13.5. The molecule has 0 saturated carbocycles. The van der Waals surface area contributed by atoms with Crippen LogP contribution in [0.5, 0.6) is 0 Å². The van der Waals surface area contributed by atoms with Crippen molar-refractivity contribution in [2.75, 3.05) is 17.2 Å². The van der Waals surface area contributed by atoms with Crippen LogP contribution in [-0.2, 0) is 4.79 Å². The van der Waals surface area contributed by atoms with Crippen molar-refractivity contribution in [2.45, 2.75) is 46.1 Å². The number of piperidine rings is 1. The lowest BCUT2D eigenvalue weighted by atomic mass is 10.0. The van der Waals surface area contributed by atoms with Gasteiger partial charge in [-0.05, 0) is 69.5 Å². The average Bonchev–Trinajstić information content (AvgIpc) is 2.74. The predicted octanol–water partition coefficient (Wildman–Crippen LogP) is 4.65. The first-order valence-corrected chi connectivity index (χ1v) is 10.6. The van der Waals surface area contributed by atoms with Gasteiger partial charge in [-0.25, -0.2) is 9.97 Å². The fourth-order valence-electron chi connectivity index (χ4n) is 4.01. The van der Waals surface area contributed by atoms with Crippen LogP contribution in [0.2, 0.25) is 0 Å². The van der Waals surface area contributed by atoms with E-state index in [9.17, 15) is 9.59 Å². The number of aryl methyl sites for hydroxylation is 1. The maximum absolute atomic E-state index is 13.5. The van der Waals surface area contributed by atoms with Gasteiger partial charge in [0.1, 0.15) is 0 Å². The molecule has 4 rings (SSSR count). The summed E-state index contributed by atoms with van der Waals surface area (Å²) in [6, 6.07) is 11.5. The van der Waals surface area contributed by atoms with E-state index in [2.05, 4.69) is 27.5 Å². The first-order valence-electron chi connectivity index (χ1n) is 10.6. The lowest BCUT2D eigenvalue weighted by Gasteiger charge is -2.34. The number of anilines is 3. The van der Waals surface area contributed by atoms with Crippen molar-refractivity contribution in [1.82, 2.24) is 14.9 Å². The minimum atomic E-state index is -0.120. The van der Waals surface area contributed by atoms with Crippen molar-refractivity contribution in [3.63, 3.8) is 0 Å². The summed E-state index contributed by atoms with van der Waals surface area (Å²) >= 11 is 0. The second-order valence-electron chi connectivity index (χ2n) is 8.10. The van der Waals surface area contributed by atoms with Crippen LogP contribution in [0.25, 0.3) is 11.0 Å². The number of nitrogens with one attached hydrogen (secondary N) is 2. The number of amides is 2. The van der Waals surface area contributed by atoms with Crippen LogP contribution in [-0.4, -0.2) is 39.3 Å². The molecule has 0 radical (unpaired) electrons.